The normalized spacial score (nSPS) is 17.9. The van der Waals surface area contributed by atoms with Gasteiger partial charge in [-0.3, -0.25) is 4.79 Å². The van der Waals surface area contributed by atoms with Crippen LogP contribution in [0.5, 0.6) is 5.75 Å². The molecule has 0 saturated carbocycles. The van der Waals surface area contributed by atoms with Crippen molar-refractivity contribution in [3.8, 4) is 5.75 Å². The number of rotatable bonds is 6. The molecular weight excluding hydrogens is 288 g/mol. The minimum absolute atomic E-state index is 0.00212. The summed E-state index contributed by atoms with van der Waals surface area (Å²) in [5.41, 5.74) is 7.35. The summed E-state index contributed by atoms with van der Waals surface area (Å²) < 4.78 is 5.93. The SMILES string of the molecule is CCCC(N)c1ccc2c(c1)N(CCC(C)C)C(=O)C(C)(C)O2. The van der Waals surface area contributed by atoms with E-state index in [0.717, 1.165) is 36.3 Å². The Bertz CT molecular complexity index is 566. The van der Waals surface area contributed by atoms with Crippen LogP contribution >= 0.6 is 0 Å². The van der Waals surface area contributed by atoms with Crippen molar-refractivity contribution >= 4 is 11.6 Å². The molecule has 0 spiro atoms. The fourth-order valence-corrected chi connectivity index (χ4v) is 2.90. The molecule has 1 aliphatic rings. The van der Waals surface area contributed by atoms with Gasteiger partial charge in [0, 0.05) is 12.6 Å². The molecule has 1 atom stereocenters. The fourth-order valence-electron chi connectivity index (χ4n) is 2.90. The first kappa shape index (κ1) is 17.8. The van der Waals surface area contributed by atoms with Crippen LogP contribution in [0.4, 0.5) is 5.69 Å². The van der Waals surface area contributed by atoms with Crippen LogP contribution in [0.1, 0.15) is 65.5 Å². The van der Waals surface area contributed by atoms with Gasteiger partial charge in [-0.15, -0.1) is 0 Å². The van der Waals surface area contributed by atoms with E-state index in [1.807, 2.05) is 36.9 Å². The molecular formula is C19H30N2O2. The van der Waals surface area contributed by atoms with Gasteiger partial charge in [0.05, 0.1) is 5.69 Å². The highest BCUT2D eigenvalue weighted by atomic mass is 16.5. The summed E-state index contributed by atoms with van der Waals surface area (Å²) in [6.07, 6.45) is 2.94. The summed E-state index contributed by atoms with van der Waals surface area (Å²) in [7, 11) is 0. The van der Waals surface area contributed by atoms with E-state index in [4.69, 9.17) is 10.5 Å². The molecule has 1 aliphatic heterocycles. The average Bonchev–Trinajstić information content (AvgIpc) is 2.47. The van der Waals surface area contributed by atoms with Crippen LogP contribution in [0.2, 0.25) is 0 Å². The van der Waals surface area contributed by atoms with Crippen molar-refractivity contribution in [1.82, 2.24) is 0 Å². The second-order valence-electron chi connectivity index (χ2n) is 7.37. The largest absolute Gasteiger partial charge is 0.476 e. The summed E-state index contributed by atoms with van der Waals surface area (Å²) >= 11 is 0. The fraction of sp³-hybridized carbons (Fsp3) is 0.632. The van der Waals surface area contributed by atoms with E-state index in [1.165, 1.54) is 0 Å². The van der Waals surface area contributed by atoms with Gasteiger partial charge < -0.3 is 15.4 Å². The number of ether oxygens (including phenoxy) is 1. The number of hydrogen-bond donors (Lipinski definition) is 1. The molecule has 1 aromatic carbocycles. The molecule has 23 heavy (non-hydrogen) atoms. The van der Waals surface area contributed by atoms with Gasteiger partial charge in [-0.2, -0.15) is 0 Å². The molecule has 0 fully saturated rings. The van der Waals surface area contributed by atoms with E-state index in [9.17, 15) is 4.79 Å². The Kier molecular flexibility index (Phi) is 5.35. The Morgan fingerprint density at radius 2 is 1.96 bits per heavy atom. The molecule has 0 saturated heterocycles. The predicted octanol–water partition coefficient (Wildman–Crippen LogP) is 4.04. The van der Waals surface area contributed by atoms with Gasteiger partial charge in [-0.1, -0.05) is 33.3 Å². The molecule has 0 bridgehead atoms. The predicted molar refractivity (Wildman–Crippen MR) is 94.8 cm³/mol. The quantitative estimate of drug-likeness (QED) is 0.861. The highest BCUT2D eigenvalue weighted by Gasteiger charge is 2.40. The molecule has 0 radical (unpaired) electrons. The molecule has 0 aliphatic carbocycles. The molecule has 128 valence electrons. The summed E-state index contributed by atoms with van der Waals surface area (Å²) in [5, 5.41) is 0. The number of benzene rings is 1. The van der Waals surface area contributed by atoms with Gasteiger partial charge in [-0.05, 0) is 50.3 Å². The van der Waals surface area contributed by atoms with Gasteiger partial charge in [0.2, 0.25) is 0 Å². The third-order valence-corrected chi connectivity index (χ3v) is 4.36. The van der Waals surface area contributed by atoms with Crippen molar-refractivity contribution in [3.63, 3.8) is 0 Å². The van der Waals surface area contributed by atoms with E-state index in [1.54, 1.807) is 0 Å². The first-order valence-corrected chi connectivity index (χ1v) is 8.66. The molecule has 4 heteroatoms. The lowest BCUT2D eigenvalue weighted by Gasteiger charge is -2.39. The number of nitrogens with two attached hydrogens (primary N) is 1. The molecule has 4 nitrogen and oxygen atoms in total. The van der Waals surface area contributed by atoms with Gasteiger partial charge in [-0.25, -0.2) is 0 Å². The summed E-state index contributed by atoms with van der Waals surface area (Å²) in [5.74, 6) is 1.33. The highest BCUT2D eigenvalue weighted by Crippen LogP contribution is 2.39. The third kappa shape index (κ3) is 3.86. The van der Waals surface area contributed by atoms with Gasteiger partial charge in [0.15, 0.2) is 5.60 Å². The highest BCUT2D eigenvalue weighted by molar-refractivity contribution is 6.02. The minimum atomic E-state index is -0.822. The van der Waals surface area contributed by atoms with Crippen LogP contribution in [0, 0.1) is 5.92 Å². The zero-order chi connectivity index (χ0) is 17.2. The van der Waals surface area contributed by atoms with E-state index in [-0.39, 0.29) is 11.9 Å². The molecule has 1 aromatic rings. The van der Waals surface area contributed by atoms with E-state index >= 15 is 0 Å². The Labute approximate surface area is 140 Å². The van der Waals surface area contributed by atoms with Crippen LogP contribution in [-0.4, -0.2) is 18.1 Å². The number of fused-ring (bicyclic) bond motifs is 1. The second kappa shape index (κ2) is 6.91. The summed E-state index contributed by atoms with van der Waals surface area (Å²) in [6, 6.07) is 6.01. The molecule has 2 N–H and O–H groups in total. The number of carbonyl (C=O) groups excluding carboxylic acids is 1. The maximum absolute atomic E-state index is 12.8. The minimum Gasteiger partial charge on any atom is -0.476 e. The van der Waals surface area contributed by atoms with E-state index < -0.39 is 5.60 Å². The van der Waals surface area contributed by atoms with Gasteiger partial charge >= 0.3 is 0 Å². The van der Waals surface area contributed by atoms with E-state index in [2.05, 4.69) is 20.8 Å². The smallest absolute Gasteiger partial charge is 0.270 e. The monoisotopic (exact) mass is 318 g/mol. The maximum atomic E-state index is 12.8. The molecule has 1 amide bonds. The van der Waals surface area contributed by atoms with Crippen LogP contribution < -0.4 is 15.4 Å². The topological polar surface area (TPSA) is 55.6 Å². The van der Waals surface area contributed by atoms with Gasteiger partial charge in [0.25, 0.3) is 5.91 Å². The van der Waals surface area contributed by atoms with Crippen molar-refractivity contribution in [2.45, 2.75) is 65.5 Å². The Balaban J connectivity index is 2.38. The number of amides is 1. The number of anilines is 1. The van der Waals surface area contributed by atoms with E-state index in [0.29, 0.717) is 12.5 Å². The van der Waals surface area contributed by atoms with Crippen molar-refractivity contribution in [3.05, 3.63) is 23.8 Å². The number of hydrogen-bond acceptors (Lipinski definition) is 3. The summed E-state index contributed by atoms with van der Waals surface area (Å²) in [4.78, 5) is 14.7. The van der Waals surface area contributed by atoms with Gasteiger partial charge in [0.1, 0.15) is 5.75 Å². The molecule has 2 rings (SSSR count). The Morgan fingerprint density at radius 3 is 2.57 bits per heavy atom. The Morgan fingerprint density at radius 1 is 1.26 bits per heavy atom. The first-order chi connectivity index (χ1) is 10.8. The number of nitrogens with zero attached hydrogens (tertiary/aromatic N) is 1. The van der Waals surface area contributed by atoms with Crippen LogP contribution in [-0.2, 0) is 4.79 Å². The zero-order valence-corrected chi connectivity index (χ0v) is 15.1. The second-order valence-corrected chi connectivity index (χ2v) is 7.37. The van der Waals surface area contributed by atoms with Crippen molar-refractivity contribution in [1.29, 1.82) is 0 Å². The average molecular weight is 318 g/mol. The lowest BCUT2D eigenvalue weighted by atomic mass is 9.98. The van der Waals surface area contributed by atoms with Crippen molar-refractivity contribution in [2.24, 2.45) is 11.7 Å². The van der Waals surface area contributed by atoms with Crippen molar-refractivity contribution in [2.75, 3.05) is 11.4 Å². The molecule has 1 heterocycles. The molecule has 0 aromatic heterocycles. The standard InChI is InChI=1S/C19H30N2O2/c1-6-7-15(20)14-8-9-17-16(12-14)21(11-10-13(2)3)18(22)19(4,5)23-17/h8-9,12-13,15H,6-7,10-11,20H2,1-5H3. The Hall–Kier alpha value is -1.55. The summed E-state index contributed by atoms with van der Waals surface area (Å²) in [6.45, 7) is 10.8. The van der Waals surface area contributed by atoms with Crippen molar-refractivity contribution < 1.29 is 9.53 Å². The molecule has 1 unspecified atom stereocenters. The first-order valence-electron chi connectivity index (χ1n) is 8.66. The third-order valence-electron chi connectivity index (χ3n) is 4.36. The van der Waals surface area contributed by atoms with Crippen LogP contribution in [0.25, 0.3) is 0 Å². The zero-order valence-electron chi connectivity index (χ0n) is 15.1. The lowest BCUT2D eigenvalue weighted by molar-refractivity contribution is -0.132. The number of carbonyl (C=O) groups is 1. The lowest BCUT2D eigenvalue weighted by Crippen LogP contribution is -2.53. The van der Waals surface area contributed by atoms with Crippen LogP contribution in [0.3, 0.4) is 0 Å². The maximum Gasteiger partial charge on any atom is 0.270 e. The van der Waals surface area contributed by atoms with Crippen LogP contribution in [0.15, 0.2) is 18.2 Å².